The molecule has 1 aromatic carbocycles. The third-order valence-corrected chi connectivity index (χ3v) is 7.50. The normalized spacial score (nSPS) is 11.6. The molecule has 0 unspecified atom stereocenters. The van der Waals surface area contributed by atoms with Gasteiger partial charge in [0.25, 0.3) is 0 Å². The van der Waals surface area contributed by atoms with Gasteiger partial charge in [-0.1, -0.05) is 0 Å². The van der Waals surface area contributed by atoms with Gasteiger partial charge in [-0.05, 0) is 0 Å². The van der Waals surface area contributed by atoms with Crippen molar-refractivity contribution in [2.75, 3.05) is 21.3 Å². The van der Waals surface area contributed by atoms with Crippen LogP contribution in [0.15, 0.2) is 30.3 Å². The summed E-state index contributed by atoms with van der Waals surface area (Å²) in [4.78, 5) is 0. The van der Waals surface area contributed by atoms with E-state index in [-0.39, 0.29) is 0 Å². The predicted molar refractivity (Wildman–Crippen MR) is 52.9 cm³/mol. The van der Waals surface area contributed by atoms with Gasteiger partial charge in [0, 0.05) is 0 Å². The summed E-state index contributed by atoms with van der Waals surface area (Å²) in [5.74, 6) is 0. The summed E-state index contributed by atoms with van der Waals surface area (Å²) in [6, 6.07) is 9.79. The van der Waals surface area contributed by atoms with Gasteiger partial charge in [0.1, 0.15) is 0 Å². The first kappa shape index (κ1) is 10.7. The molecule has 0 saturated heterocycles. The first-order chi connectivity index (χ1) is 6.29. The minimum atomic E-state index is -3.12. The Bertz CT molecular complexity index is 238. The second-order valence-electron chi connectivity index (χ2n) is 2.53. The van der Waals surface area contributed by atoms with Gasteiger partial charge in [-0.3, -0.25) is 0 Å². The molecule has 3 nitrogen and oxygen atoms in total. The molecule has 0 aliphatic carbocycles. The Balaban J connectivity index is 3.01. The molecule has 0 bridgehead atoms. The molecule has 0 spiro atoms. The Morgan fingerprint density at radius 2 is 1.31 bits per heavy atom. The van der Waals surface area contributed by atoms with E-state index in [2.05, 4.69) is 0 Å². The third-order valence-electron chi connectivity index (χ3n) is 1.93. The summed E-state index contributed by atoms with van der Waals surface area (Å²) >= 11 is -3.12. The van der Waals surface area contributed by atoms with Gasteiger partial charge >= 0.3 is 81.6 Å². The molecule has 0 N–H and O–H groups in total. The van der Waals surface area contributed by atoms with Crippen LogP contribution in [0, 0.1) is 0 Å². The van der Waals surface area contributed by atoms with Crippen molar-refractivity contribution in [1.82, 2.24) is 0 Å². The second-order valence-corrected chi connectivity index (χ2v) is 8.65. The number of hydrogen-bond acceptors (Lipinski definition) is 3. The van der Waals surface area contributed by atoms with E-state index in [0.717, 1.165) is 4.40 Å². The standard InChI is InChI=1S/C9H14GeO3/c1-11-10(12-2,13-3)9-7-5-4-6-8-9/h4-8H,1-3H3. The third kappa shape index (κ3) is 2.11. The number of rotatable bonds is 4. The Labute approximate surface area is 82.0 Å². The summed E-state index contributed by atoms with van der Waals surface area (Å²) in [5.41, 5.74) is 0. The topological polar surface area (TPSA) is 27.7 Å². The van der Waals surface area contributed by atoms with Crippen molar-refractivity contribution >= 4 is 18.7 Å². The van der Waals surface area contributed by atoms with Crippen LogP contribution in [0.3, 0.4) is 0 Å². The number of hydrogen-bond donors (Lipinski definition) is 0. The van der Waals surface area contributed by atoms with Crippen LogP contribution in [-0.2, 0) is 11.3 Å². The zero-order valence-electron chi connectivity index (χ0n) is 8.11. The Hall–Kier alpha value is -0.357. The zero-order valence-corrected chi connectivity index (χ0v) is 10.2. The van der Waals surface area contributed by atoms with Gasteiger partial charge < -0.3 is 0 Å². The fourth-order valence-electron chi connectivity index (χ4n) is 1.25. The molecule has 0 amide bonds. The minimum absolute atomic E-state index is 1.02. The SMILES string of the molecule is C[O][Ge]([O]C)([O]C)[c]1ccccc1. The van der Waals surface area contributed by atoms with E-state index in [1.54, 1.807) is 21.3 Å². The van der Waals surface area contributed by atoms with Gasteiger partial charge in [0.05, 0.1) is 0 Å². The van der Waals surface area contributed by atoms with E-state index in [1.165, 1.54) is 0 Å². The van der Waals surface area contributed by atoms with Crippen LogP contribution in [0.5, 0.6) is 0 Å². The van der Waals surface area contributed by atoms with Crippen LogP contribution in [0.2, 0.25) is 0 Å². The van der Waals surface area contributed by atoms with Gasteiger partial charge in [-0.15, -0.1) is 0 Å². The van der Waals surface area contributed by atoms with Crippen molar-refractivity contribution in [2.24, 2.45) is 0 Å². The van der Waals surface area contributed by atoms with Crippen molar-refractivity contribution in [2.45, 2.75) is 0 Å². The monoisotopic (exact) mass is 244 g/mol. The quantitative estimate of drug-likeness (QED) is 0.731. The van der Waals surface area contributed by atoms with Crippen LogP contribution in [0.4, 0.5) is 0 Å². The van der Waals surface area contributed by atoms with E-state index in [1.807, 2.05) is 30.3 Å². The number of benzene rings is 1. The summed E-state index contributed by atoms with van der Waals surface area (Å²) < 4.78 is 17.1. The van der Waals surface area contributed by atoms with E-state index >= 15 is 0 Å². The summed E-state index contributed by atoms with van der Waals surface area (Å²) in [7, 11) is 4.88. The van der Waals surface area contributed by atoms with Gasteiger partial charge in [-0.25, -0.2) is 0 Å². The Morgan fingerprint density at radius 3 is 1.69 bits per heavy atom. The maximum absolute atomic E-state index is 5.37. The maximum atomic E-state index is 5.37. The second kappa shape index (κ2) is 4.76. The average molecular weight is 243 g/mol. The molecule has 0 aromatic heterocycles. The molecule has 13 heavy (non-hydrogen) atoms. The van der Waals surface area contributed by atoms with Crippen LogP contribution >= 0.6 is 0 Å². The predicted octanol–water partition coefficient (Wildman–Crippen LogP) is 0.772. The molecule has 1 aromatic rings. The van der Waals surface area contributed by atoms with E-state index < -0.39 is 14.3 Å². The van der Waals surface area contributed by atoms with E-state index in [0.29, 0.717) is 0 Å². The zero-order chi connectivity index (χ0) is 9.73. The van der Waals surface area contributed by atoms with Gasteiger partial charge in [-0.2, -0.15) is 0 Å². The molecule has 0 heterocycles. The van der Waals surface area contributed by atoms with Crippen molar-refractivity contribution in [3.8, 4) is 0 Å². The van der Waals surface area contributed by atoms with Crippen molar-refractivity contribution in [3.63, 3.8) is 0 Å². The molecular formula is C9H14GeO3. The molecule has 0 aliphatic rings. The van der Waals surface area contributed by atoms with Crippen LogP contribution in [-0.4, -0.2) is 35.6 Å². The molecule has 0 radical (unpaired) electrons. The molecule has 4 heteroatoms. The summed E-state index contributed by atoms with van der Waals surface area (Å²) in [6.07, 6.45) is 0. The molecule has 0 fully saturated rings. The van der Waals surface area contributed by atoms with Crippen molar-refractivity contribution in [3.05, 3.63) is 30.3 Å². The van der Waals surface area contributed by atoms with Crippen molar-refractivity contribution in [1.29, 1.82) is 0 Å². The van der Waals surface area contributed by atoms with Crippen molar-refractivity contribution < 1.29 is 11.3 Å². The molecule has 1 rings (SSSR count). The van der Waals surface area contributed by atoms with E-state index in [9.17, 15) is 0 Å². The molecular weight excluding hydrogens is 229 g/mol. The first-order valence-electron chi connectivity index (χ1n) is 4.00. The molecule has 0 saturated carbocycles. The van der Waals surface area contributed by atoms with Crippen LogP contribution in [0.1, 0.15) is 0 Å². The van der Waals surface area contributed by atoms with E-state index in [4.69, 9.17) is 11.3 Å². The summed E-state index contributed by atoms with van der Waals surface area (Å²) in [5, 5.41) is 0. The Morgan fingerprint density at radius 1 is 0.846 bits per heavy atom. The fourth-order valence-corrected chi connectivity index (χ4v) is 5.04. The van der Waals surface area contributed by atoms with Gasteiger partial charge in [0.2, 0.25) is 0 Å². The molecule has 0 atom stereocenters. The van der Waals surface area contributed by atoms with Crippen LogP contribution in [0.25, 0.3) is 0 Å². The van der Waals surface area contributed by atoms with Crippen LogP contribution < -0.4 is 4.40 Å². The van der Waals surface area contributed by atoms with Gasteiger partial charge in [0.15, 0.2) is 0 Å². The molecule has 0 aliphatic heterocycles. The summed E-state index contributed by atoms with van der Waals surface area (Å²) in [6.45, 7) is 0. The average Bonchev–Trinajstić information content (AvgIpc) is 2.23. The molecule has 72 valence electrons. The first-order valence-corrected chi connectivity index (χ1v) is 7.62. The fraction of sp³-hybridized carbons (Fsp3) is 0.333. The Kier molecular flexibility index (Phi) is 3.93.